The molecular weight excluding hydrogens is 429 g/mol. The first kappa shape index (κ1) is 23.1. The molecule has 9 nitrogen and oxygen atoms in total. The fraction of sp³-hybridized carbons (Fsp3) is 0.609. The zero-order chi connectivity index (χ0) is 24.2. The summed E-state index contributed by atoms with van der Waals surface area (Å²) in [5.74, 6) is 5.27. The van der Waals surface area contributed by atoms with Crippen molar-refractivity contribution in [3.8, 4) is 0 Å². The van der Waals surface area contributed by atoms with Crippen molar-refractivity contribution in [2.75, 3.05) is 23.8 Å². The number of benzene rings is 1. The van der Waals surface area contributed by atoms with Crippen molar-refractivity contribution in [2.45, 2.75) is 71.6 Å². The van der Waals surface area contributed by atoms with Gasteiger partial charge in [0.1, 0.15) is 11.4 Å². The topological polar surface area (TPSA) is 112 Å². The Labute approximate surface area is 191 Å². The van der Waals surface area contributed by atoms with Gasteiger partial charge in [-0.25, -0.2) is 14.0 Å². The van der Waals surface area contributed by atoms with Crippen molar-refractivity contribution in [1.82, 2.24) is 14.6 Å². The van der Waals surface area contributed by atoms with Crippen LogP contribution in [0.5, 0.6) is 0 Å². The third kappa shape index (κ3) is 4.30. The van der Waals surface area contributed by atoms with Gasteiger partial charge in [-0.3, -0.25) is 9.36 Å². The summed E-state index contributed by atoms with van der Waals surface area (Å²) >= 11 is 0. The van der Waals surface area contributed by atoms with E-state index < -0.39 is 28.8 Å². The standard InChI is InChI=1S/C23H32FN5O4/c1-12-18-16(20(30)29(25)22(32)28(18)15-6-7-15)10-17(24)19(12)27-9-8-14(11-27)13(2)26-21(31)33-23(3,4)5/h10,13-15H,6-9,11,25H2,1-5H3,(H,26,31)/t13-,14-/m0/s1. The number of nitrogens with zero attached hydrogens (tertiary/aromatic N) is 3. The van der Waals surface area contributed by atoms with Crippen LogP contribution in [0, 0.1) is 18.7 Å². The van der Waals surface area contributed by atoms with Gasteiger partial charge in [-0.2, -0.15) is 4.68 Å². The molecule has 1 aliphatic carbocycles. The van der Waals surface area contributed by atoms with Crippen LogP contribution in [0.3, 0.4) is 0 Å². The number of carbonyl (C=O) groups excluding carboxylic acids is 1. The van der Waals surface area contributed by atoms with Crippen molar-refractivity contribution < 1.29 is 13.9 Å². The number of hydrogen-bond acceptors (Lipinski definition) is 6. The number of aromatic nitrogens is 2. The summed E-state index contributed by atoms with van der Waals surface area (Å²) in [6.07, 6.45) is 1.92. The zero-order valence-corrected chi connectivity index (χ0v) is 19.8. The number of amides is 1. The Morgan fingerprint density at radius 3 is 2.55 bits per heavy atom. The van der Waals surface area contributed by atoms with Gasteiger partial charge < -0.3 is 20.8 Å². The Morgan fingerprint density at radius 1 is 1.27 bits per heavy atom. The molecule has 1 aromatic heterocycles. The SMILES string of the molecule is Cc1c(N2CC[C@H]([C@H](C)NC(=O)OC(C)(C)C)C2)c(F)cc2c(=O)n(N)c(=O)n(C3CC3)c12. The van der Waals surface area contributed by atoms with E-state index in [1.807, 2.05) is 11.8 Å². The third-order valence-electron chi connectivity index (χ3n) is 6.47. The second kappa shape index (κ2) is 8.07. The number of ether oxygens (including phenoxy) is 1. The first-order valence-electron chi connectivity index (χ1n) is 11.4. The molecule has 1 saturated carbocycles. The van der Waals surface area contributed by atoms with Crippen molar-refractivity contribution >= 4 is 22.7 Å². The van der Waals surface area contributed by atoms with Crippen molar-refractivity contribution in [1.29, 1.82) is 0 Å². The van der Waals surface area contributed by atoms with Crippen LogP contribution in [0.1, 0.15) is 58.6 Å². The normalized spacial score (nSPS) is 19.7. The molecule has 180 valence electrons. The smallest absolute Gasteiger partial charge is 0.407 e. The van der Waals surface area contributed by atoms with E-state index in [4.69, 9.17) is 10.6 Å². The number of rotatable bonds is 4. The van der Waals surface area contributed by atoms with Gasteiger partial charge in [0, 0.05) is 30.7 Å². The molecule has 2 atom stereocenters. The number of alkyl carbamates (subject to hydrolysis) is 1. The van der Waals surface area contributed by atoms with Gasteiger partial charge in [0.25, 0.3) is 5.56 Å². The highest BCUT2D eigenvalue weighted by molar-refractivity contribution is 5.87. The van der Waals surface area contributed by atoms with Crippen LogP contribution < -0.4 is 27.3 Å². The Morgan fingerprint density at radius 2 is 1.94 bits per heavy atom. The van der Waals surface area contributed by atoms with E-state index in [0.29, 0.717) is 34.5 Å². The van der Waals surface area contributed by atoms with E-state index in [0.717, 1.165) is 19.3 Å². The van der Waals surface area contributed by atoms with Gasteiger partial charge in [-0.05, 0) is 65.9 Å². The van der Waals surface area contributed by atoms with Crippen LogP contribution in [0.2, 0.25) is 0 Å². The van der Waals surface area contributed by atoms with E-state index in [1.54, 1.807) is 27.7 Å². The molecule has 1 aliphatic heterocycles. The minimum atomic E-state index is -0.699. The monoisotopic (exact) mass is 461 g/mol. The predicted molar refractivity (Wildman–Crippen MR) is 125 cm³/mol. The predicted octanol–water partition coefficient (Wildman–Crippen LogP) is 2.40. The maximum atomic E-state index is 15.3. The van der Waals surface area contributed by atoms with Crippen molar-refractivity contribution in [3.05, 3.63) is 38.3 Å². The van der Waals surface area contributed by atoms with Gasteiger partial charge in [0.15, 0.2) is 0 Å². The molecule has 2 aliphatic rings. The molecule has 0 unspecified atom stereocenters. The molecule has 0 bridgehead atoms. The summed E-state index contributed by atoms with van der Waals surface area (Å²) in [7, 11) is 0. The van der Waals surface area contributed by atoms with Crippen molar-refractivity contribution in [2.24, 2.45) is 5.92 Å². The highest BCUT2D eigenvalue weighted by atomic mass is 19.1. The molecule has 2 fully saturated rings. The Bertz CT molecular complexity index is 1220. The number of aryl methyl sites for hydroxylation is 1. The quantitative estimate of drug-likeness (QED) is 0.677. The summed E-state index contributed by atoms with van der Waals surface area (Å²) < 4.78 is 22.8. The first-order valence-corrected chi connectivity index (χ1v) is 11.4. The van der Waals surface area contributed by atoms with E-state index in [1.165, 1.54) is 10.6 Å². The molecule has 1 saturated heterocycles. The van der Waals surface area contributed by atoms with Crippen LogP contribution >= 0.6 is 0 Å². The number of nitrogens with one attached hydrogen (secondary N) is 1. The van der Waals surface area contributed by atoms with Crippen LogP contribution in [0.4, 0.5) is 14.9 Å². The third-order valence-corrected chi connectivity index (χ3v) is 6.47. The number of nitrogen functional groups attached to an aromatic ring is 1. The molecule has 3 N–H and O–H groups in total. The lowest BCUT2D eigenvalue weighted by molar-refractivity contribution is 0.0494. The van der Waals surface area contributed by atoms with Crippen molar-refractivity contribution in [3.63, 3.8) is 0 Å². The molecule has 1 amide bonds. The largest absolute Gasteiger partial charge is 0.444 e. The zero-order valence-electron chi connectivity index (χ0n) is 19.8. The van der Waals surface area contributed by atoms with E-state index in [9.17, 15) is 14.4 Å². The van der Waals surface area contributed by atoms with Crippen LogP contribution in [0.25, 0.3) is 10.9 Å². The first-order chi connectivity index (χ1) is 15.4. The Kier molecular flexibility index (Phi) is 5.66. The van der Waals surface area contributed by atoms with Crippen LogP contribution in [-0.2, 0) is 4.74 Å². The number of nitrogens with two attached hydrogens (primary N) is 1. The van der Waals surface area contributed by atoms with Gasteiger partial charge in [0.05, 0.1) is 16.6 Å². The molecule has 0 radical (unpaired) electrons. The minimum absolute atomic E-state index is 0.0308. The van der Waals surface area contributed by atoms with E-state index >= 15 is 4.39 Å². The molecule has 33 heavy (non-hydrogen) atoms. The fourth-order valence-corrected chi connectivity index (χ4v) is 4.73. The average Bonchev–Trinajstić information content (AvgIpc) is 3.42. The van der Waals surface area contributed by atoms with Crippen LogP contribution in [0.15, 0.2) is 15.7 Å². The Balaban J connectivity index is 1.65. The van der Waals surface area contributed by atoms with Crippen LogP contribution in [-0.4, -0.2) is 40.1 Å². The maximum Gasteiger partial charge on any atom is 0.407 e. The molecule has 10 heteroatoms. The number of halogens is 1. The molecule has 0 spiro atoms. The summed E-state index contributed by atoms with van der Waals surface area (Å²) in [6, 6.07) is 0.997. The lowest BCUT2D eigenvalue weighted by Gasteiger charge is -2.26. The van der Waals surface area contributed by atoms with Gasteiger partial charge in [0.2, 0.25) is 0 Å². The van der Waals surface area contributed by atoms with E-state index in [2.05, 4.69) is 5.32 Å². The number of hydrogen-bond donors (Lipinski definition) is 2. The molecule has 1 aromatic carbocycles. The summed E-state index contributed by atoms with van der Waals surface area (Å²) in [6.45, 7) is 10.2. The number of anilines is 1. The van der Waals surface area contributed by atoms with Gasteiger partial charge in [-0.1, -0.05) is 0 Å². The maximum absolute atomic E-state index is 15.3. The second-order valence-electron chi connectivity index (χ2n) is 10.2. The summed E-state index contributed by atoms with van der Waals surface area (Å²) in [4.78, 5) is 39.4. The fourth-order valence-electron chi connectivity index (χ4n) is 4.73. The summed E-state index contributed by atoms with van der Waals surface area (Å²) in [5, 5.41) is 2.99. The number of fused-ring (bicyclic) bond motifs is 1. The van der Waals surface area contributed by atoms with Gasteiger partial charge >= 0.3 is 11.8 Å². The summed E-state index contributed by atoms with van der Waals surface area (Å²) in [5.41, 5.74) is -0.470. The highest BCUT2D eigenvalue weighted by Crippen LogP contribution is 2.39. The highest BCUT2D eigenvalue weighted by Gasteiger charge is 2.34. The molecule has 2 aromatic rings. The molecular formula is C23H32FN5O4. The van der Waals surface area contributed by atoms with Gasteiger partial charge in [-0.15, -0.1) is 0 Å². The van der Waals surface area contributed by atoms with E-state index in [-0.39, 0.29) is 23.4 Å². The lowest BCUT2D eigenvalue weighted by atomic mass is 10.0. The minimum Gasteiger partial charge on any atom is -0.444 e. The Hall–Kier alpha value is -3.04. The lowest BCUT2D eigenvalue weighted by Crippen LogP contribution is -2.45. The second-order valence-corrected chi connectivity index (χ2v) is 10.2. The average molecular weight is 462 g/mol. The molecule has 4 rings (SSSR count). The number of carbonyl (C=O) groups is 1. The molecule has 2 heterocycles.